The Kier molecular flexibility index (Phi) is 4.19. The average molecular weight is 265 g/mol. The molecular weight excluding hydrogens is 246 g/mol. The van der Waals surface area contributed by atoms with Crippen LogP contribution in [0.2, 0.25) is 0 Å². The topological polar surface area (TPSA) is 75.4 Å². The number of carbonyl (C=O) groups is 2. The van der Waals surface area contributed by atoms with Crippen molar-refractivity contribution >= 4 is 11.9 Å². The van der Waals surface area contributed by atoms with Crippen LogP contribution >= 0.6 is 0 Å². The molecule has 0 atom stereocenters. The molecule has 0 saturated heterocycles. The number of amides is 1. The molecule has 19 heavy (non-hydrogen) atoms. The molecule has 1 heterocycles. The Morgan fingerprint density at radius 1 is 1.47 bits per heavy atom. The summed E-state index contributed by atoms with van der Waals surface area (Å²) in [5, 5.41) is 12.9. The number of rotatable bonds is 5. The summed E-state index contributed by atoms with van der Waals surface area (Å²) in [6.07, 6.45) is 6.45. The van der Waals surface area contributed by atoms with Gasteiger partial charge >= 0.3 is 5.97 Å². The molecule has 1 aromatic rings. The summed E-state index contributed by atoms with van der Waals surface area (Å²) in [5.41, 5.74) is 0.389. The molecule has 0 bridgehead atoms. The predicted octanol–water partition coefficient (Wildman–Crippen LogP) is 1.54. The van der Waals surface area contributed by atoms with Gasteiger partial charge in [-0.2, -0.15) is 5.10 Å². The fraction of sp³-hybridized carbons (Fsp3) is 0.615. The van der Waals surface area contributed by atoms with Crippen molar-refractivity contribution in [1.29, 1.82) is 0 Å². The van der Waals surface area contributed by atoms with E-state index in [1.165, 1.54) is 17.7 Å². The van der Waals surface area contributed by atoms with Gasteiger partial charge in [0.15, 0.2) is 0 Å². The van der Waals surface area contributed by atoms with E-state index in [1.807, 2.05) is 10.9 Å². The minimum Gasteiger partial charge on any atom is -0.481 e. The summed E-state index contributed by atoms with van der Waals surface area (Å²) in [6.45, 7) is 0.199. The van der Waals surface area contributed by atoms with Crippen molar-refractivity contribution in [3.05, 3.63) is 18.0 Å². The van der Waals surface area contributed by atoms with Crippen molar-refractivity contribution in [3.63, 3.8) is 0 Å². The first-order valence-corrected chi connectivity index (χ1v) is 6.60. The summed E-state index contributed by atoms with van der Waals surface area (Å²) in [5.74, 6) is -1.13. The molecule has 1 fully saturated rings. The molecule has 1 saturated carbocycles. The predicted molar refractivity (Wildman–Crippen MR) is 68.9 cm³/mol. The molecule has 6 nitrogen and oxygen atoms in total. The Morgan fingerprint density at radius 2 is 2.16 bits per heavy atom. The summed E-state index contributed by atoms with van der Waals surface area (Å²) in [7, 11) is 1.60. The van der Waals surface area contributed by atoms with Gasteiger partial charge in [0.1, 0.15) is 5.69 Å². The molecule has 1 aliphatic carbocycles. The Hall–Kier alpha value is -1.85. The van der Waals surface area contributed by atoms with E-state index >= 15 is 0 Å². The van der Waals surface area contributed by atoms with Gasteiger partial charge in [-0.3, -0.25) is 14.3 Å². The Balaban J connectivity index is 1.97. The molecule has 0 spiro atoms. The van der Waals surface area contributed by atoms with Gasteiger partial charge in [0.2, 0.25) is 0 Å². The van der Waals surface area contributed by atoms with E-state index in [4.69, 9.17) is 5.11 Å². The van der Waals surface area contributed by atoms with E-state index < -0.39 is 5.97 Å². The Labute approximate surface area is 112 Å². The SMILES string of the molecule is CN(CCC(=O)O)C(=O)c1ccn(C2CCCC2)n1. The summed E-state index contributed by atoms with van der Waals surface area (Å²) in [6, 6.07) is 2.11. The van der Waals surface area contributed by atoms with Crippen LogP contribution in [-0.2, 0) is 4.79 Å². The van der Waals surface area contributed by atoms with E-state index in [0.717, 1.165) is 12.8 Å². The molecule has 6 heteroatoms. The van der Waals surface area contributed by atoms with Crippen LogP contribution in [0.1, 0.15) is 48.6 Å². The highest BCUT2D eigenvalue weighted by atomic mass is 16.4. The van der Waals surface area contributed by atoms with Gasteiger partial charge < -0.3 is 10.0 Å². The number of carbonyl (C=O) groups excluding carboxylic acids is 1. The van der Waals surface area contributed by atoms with Crippen molar-refractivity contribution in [2.45, 2.75) is 38.1 Å². The van der Waals surface area contributed by atoms with Crippen LogP contribution in [0.25, 0.3) is 0 Å². The average Bonchev–Trinajstić information content (AvgIpc) is 3.04. The monoisotopic (exact) mass is 265 g/mol. The zero-order chi connectivity index (χ0) is 13.8. The molecule has 0 aliphatic heterocycles. The molecule has 1 aliphatic rings. The van der Waals surface area contributed by atoms with Crippen molar-refractivity contribution < 1.29 is 14.7 Å². The second-order valence-corrected chi connectivity index (χ2v) is 4.99. The fourth-order valence-electron chi connectivity index (χ4n) is 2.38. The lowest BCUT2D eigenvalue weighted by atomic mass is 10.3. The van der Waals surface area contributed by atoms with Gasteiger partial charge in [-0.1, -0.05) is 12.8 Å². The highest BCUT2D eigenvalue weighted by Crippen LogP contribution is 2.28. The van der Waals surface area contributed by atoms with Gasteiger partial charge in [-0.15, -0.1) is 0 Å². The first kappa shape index (κ1) is 13.6. The van der Waals surface area contributed by atoms with Crippen molar-refractivity contribution in [3.8, 4) is 0 Å². The molecule has 104 valence electrons. The van der Waals surface area contributed by atoms with Crippen molar-refractivity contribution in [1.82, 2.24) is 14.7 Å². The quantitative estimate of drug-likeness (QED) is 0.876. The lowest BCUT2D eigenvalue weighted by Gasteiger charge is -2.14. The second kappa shape index (κ2) is 5.86. The summed E-state index contributed by atoms with van der Waals surface area (Å²) >= 11 is 0. The molecule has 2 rings (SSSR count). The van der Waals surface area contributed by atoms with Crippen LogP contribution in [0.5, 0.6) is 0 Å². The second-order valence-electron chi connectivity index (χ2n) is 4.99. The third-order valence-electron chi connectivity index (χ3n) is 3.53. The van der Waals surface area contributed by atoms with Crippen molar-refractivity contribution in [2.75, 3.05) is 13.6 Å². The maximum atomic E-state index is 12.0. The first-order valence-electron chi connectivity index (χ1n) is 6.60. The van der Waals surface area contributed by atoms with Crippen LogP contribution in [0.15, 0.2) is 12.3 Å². The fourth-order valence-corrected chi connectivity index (χ4v) is 2.38. The standard InChI is InChI=1S/C13H19N3O3/c1-15(8-7-12(17)18)13(19)11-6-9-16(14-11)10-4-2-3-5-10/h6,9-10H,2-5,7-8H2,1H3,(H,17,18). The lowest BCUT2D eigenvalue weighted by molar-refractivity contribution is -0.137. The van der Waals surface area contributed by atoms with Crippen LogP contribution in [0, 0.1) is 0 Å². The van der Waals surface area contributed by atoms with E-state index in [-0.39, 0.29) is 18.9 Å². The number of nitrogens with zero attached hydrogens (tertiary/aromatic N) is 3. The third kappa shape index (κ3) is 3.33. The maximum absolute atomic E-state index is 12.0. The van der Waals surface area contributed by atoms with E-state index in [0.29, 0.717) is 11.7 Å². The van der Waals surface area contributed by atoms with Gasteiger partial charge in [0.25, 0.3) is 5.91 Å². The van der Waals surface area contributed by atoms with Crippen LogP contribution in [-0.4, -0.2) is 45.3 Å². The molecule has 0 radical (unpaired) electrons. The van der Waals surface area contributed by atoms with Gasteiger partial charge in [-0.25, -0.2) is 0 Å². The van der Waals surface area contributed by atoms with Gasteiger partial charge in [-0.05, 0) is 18.9 Å². The third-order valence-corrected chi connectivity index (χ3v) is 3.53. The number of carboxylic acids is 1. The first-order chi connectivity index (χ1) is 9.08. The minimum absolute atomic E-state index is 0.0500. The van der Waals surface area contributed by atoms with Crippen molar-refractivity contribution in [2.24, 2.45) is 0 Å². The number of hydrogen-bond donors (Lipinski definition) is 1. The van der Waals surface area contributed by atoms with Crippen LogP contribution in [0.3, 0.4) is 0 Å². The minimum atomic E-state index is -0.906. The van der Waals surface area contributed by atoms with Gasteiger partial charge in [0.05, 0.1) is 12.5 Å². The molecule has 1 amide bonds. The number of hydrogen-bond acceptors (Lipinski definition) is 3. The molecule has 1 aromatic heterocycles. The van der Waals surface area contributed by atoms with Crippen LogP contribution < -0.4 is 0 Å². The maximum Gasteiger partial charge on any atom is 0.305 e. The van der Waals surface area contributed by atoms with Gasteiger partial charge in [0, 0.05) is 19.8 Å². The summed E-state index contributed by atoms with van der Waals surface area (Å²) < 4.78 is 1.87. The summed E-state index contributed by atoms with van der Waals surface area (Å²) in [4.78, 5) is 23.9. The number of carboxylic acid groups (broad SMARTS) is 1. The van der Waals surface area contributed by atoms with E-state index in [9.17, 15) is 9.59 Å². The largest absolute Gasteiger partial charge is 0.481 e. The highest BCUT2D eigenvalue weighted by Gasteiger charge is 2.20. The number of aliphatic carboxylic acids is 1. The van der Waals surface area contributed by atoms with E-state index in [1.54, 1.807) is 13.1 Å². The zero-order valence-corrected chi connectivity index (χ0v) is 11.1. The van der Waals surface area contributed by atoms with E-state index in [2.05, 4.69) is 5.10 Å². The molecule has 0 aromatic carbocycles. The normalized spacial score (nSPS) is 15.6. The zero-order valence-electron chi connectivity index (χ0n) is 11.1. The Morgan fingerprint density at radius 3 is 2.79 bits per heavy atom. The molecule has 1 N–H and O–H groups in total. The highest BCUT2D eigenvalue weighted by molar-refractivity contribution is 5.92. The number of aromatic nitrogens is 2. The Bertz CT molecular complexity index is 463. The lowest BCUT2D eigenvalue weighted by Crippen LogP contribution is -2.29. The molecule has 0 unspecified atom stereocenters. The van der Waals surface area contributed by atoms with Crippen LogP contribution in [0.4, 0.5) is 0 Å². The smallest absolute Gasteiger partial charge is 0.305 e. The molecular formula is C13H19N3O3.